The van der Waals surface area contributed by atoms with Crippen LogP contribution in [0, 0.1) is 5.92 Å². The highest BCUT2D eigenvalue weighted by Gasteiger charge is 2.48. The maximum Gasteiger partial charge on any atom is 0.377 e. The van der Waals surface area contributed by atoms with E-state index in [9.17, 15) is 24.0 Å². The van der Waals surface area contributed by atoms with Crippen LogP contribution in [-0.4, -0.2) is 83.9 Å². The van der Waals surface area contributed by atoms with Gasteiger partial charge < -0.3 is 18.9 Å². The van der Waals surface area contributed by atoms with E-state index < -0.39 is 53.6 Å². The first kappa shape index (κ1) is 37.2. The smallest absolute Gasteiger partial charge is 0.377 e. The van der Waals surface area contributed by atoms with Crippen LogP contribution in [0.15, 0.2) is 79.0 Å². The number of ketones is 1. The Kier molecular flexibility index (Phi) is 12.0. The van der Waals surface area contributed by atoms with Gasteiger partial charge in [-0.1, -0.05) is 62.4 Å². The van der Waals surface area contributed by atoms with E-state index in [-0.39, 0.29) is 34.9 Å². The zero-order valence-electron chi connectivity index (χ0n) is 29.5. The molecule has 0 radical (unpaired) electrons. The van der Waals surface area contributed by atoms with E-state index in [2.05, 4.69) is 0 Å². The highest BCUT2D eigenvalue weighted by atomic mass is 16.5. The van der Waals surface area contributed by atoms with Crippen molar-refractivity contribution in [3.63, 3.8) is 0 Å². The van der Waals surface area contributed by atoms with E-state index in [1.165, 1.54) is 39.4 Å². The maximum atomic E-state index is 15.0. The highest BCUT2D eigenvalue weighted by Crippen LogP contribution is 2.42. The van der Waals surface area contributed by atoms with E-state index in [4.69, 9.17) is 18.9 Å². The van der Waals surface area contributed by atoms with Crippen LogP contribution in [-0.2, 0) is 30.3 Å². The van der Waals surface area contributed by atoms with Crippen LogP contribution in [0.5, 0.6) is 17.2 Å². The van der Waals surface area contributed by atoms with Crippen molar-refractivity contribution in [3.8, 4) is 17.2 Å². The number of rotatable bonds is 13. The fourth-order valence-corrected chi connectivity index (χ4v) is 5.83. The number of hydrogen-bond acceptors (Lipinski definition) is 9. The fraction of sp³-hybridized carbons (Fsp3) is 0.342. The Morgan fingerprint density at radius 3 is 1.86 bits per heavy atom. The van der Waals surface area contributed by atoms with Crippen molar-refractivity contribution in [2.45, 2.75) is 59.2 Å². The van der Waals surface area contributed by atoms with Gasteiger partial charge in [-0.15, -0.1) is 0 Å². The summed E-state index contributed by atoms with van der Waals surface area (Å²) in [6.07, 6.45) is 0.718. The van der Waals surface area contributed by atoms with Gasteiger partial charge in [0, 0.05) is 30.7 Å². The average Bonchev–Trinajstić information content (AvgIpc) is 3.10. The van der Waals surface area contributed by atoms with Crippen LogP contribution < -0.4 is 14.2 Å². The molecule has 3 aromatic carbocycles. The number of amides is 3. The molecule has 0 saturated carbocycles. The molecule has 50 heavy (non-hydrogen) atoms. The zero-order chi connectivity index (χ0) is 36.7. The average molecular weight is 686 g/mol. The van der Waals surface area contributed by atoms with Crippen molar-refractivity contribution in [3.05, 3.63) is 95.7 Å². The number of Topliss-reactive ketones (excluding diaryl/α,β-unsaturated/α-hetero) is 1. The molecule has 0 fully saturated rings. The summed E-state index contributed by atoms with van der Waals surface area (Å²) < 4.78 is 22.0. The number of nitrogens with zero attached hydrogens (tertiary/aromatic N) is 3. The predicted molar refractivity (Wildman–Crippen MR) is 185 cm³/mol. The molecule has 3 amide bonds. The van der Waals surface area contributed by atoms with Crippen LogP contribution in [0.25, 0.3) is 5.70 Å². The SMILES string of the molecule is COc1cc(C2=CN(C(=O)c3ccccc3)C(C(C)C)C(=O)N2N(C(C)=O)[C@@H](Cc2ccccc2)C(=O)C(=O)OC(C)C)cc(OC)c1OC. The van der Waals surface area contributed by atoms with Gasteiger partial charge in [-0.05, 0) is 49.6 Å². The first-order chi connectivity index (χ1) is 23.8. The summed E-state index contributed by atoms with van der Waals surface area (Å²) in [5.41, 5.74) is 1.27. The molecule has 0 saturated heterocycles. The number of ether oxygens (including phenoxy) is 4. The molecular weight excluding hydrogens is 642 g/mol. The lowest BCUT2D eigenvalue weighted by Crippen LogP contribution is -2.64. The number of methoxy groups -OCH3 is 3. The molecule has 0 spiro atoms. The van der Waals surface area contributed by atoms with Crippen LogP contribution in [0.2, 0.25) is 0 Å². The van der Waals surface area contributed by atoms with Gasteiger partial charge in [-0.25, -0.2) is 14.8 Å². The normalized spacial score (nSPS) is 15.0. The van der Waals surface area contributed by atoms with Gasteiger partial charge in [0.1, 0.15) is 12.1 Å². The highest BCUT2D eigenvalue weighted by molar-refractivity contribution is 6.36. The van der Waals surface area contributed by atoms with Gasteiger partial charge >= 0.3 is 5.97 Å². The van der Waals surface area contributed by atoms with Crippen LogP contribution >= 0.6 is 0 Å². The molecule has 0 N–H and O–H groups in total. The summed E-state index contributed by atoms with van der Waals surface area (Å²) in [5.74, 6) is -3.78. The first-order valence-corrected chi connectivity index (χ1v) is 16.2. The molecule has 1 heterocycles. The van der Waals surface area contributed by atoms with Crippen molar-refractivity contribution in [1.82, 2.24) is 14.9 Å². The topological polar surface area (TPSA) is 132 Å². The second-order valence-electron chi connectivity index (χ2n) is 12.2. The molecule has 1 aliphatic heterocycles. The van der Waals surface area contributed by atoms with Crippen molar-refractivity contribution >= 4 is 35.2 Å². The Labute approximate surface area is 292 Å². The van der Waals surface area contributed by atoms with Crippen LogP contribution in [0.1, 0.15) is 56.1 Å². The lowest BCUT2D eigenvalue weighted by molar-refractivity contribution is -0.171. The van der Waals surface area contributed by atoms with Crippen LogP contribution in [0.4, 0.5) is 0 Å². The first-order valence-electron chi connectivity index (χ1n) is 16.2. The summed E-state index contributed by atoms with van der Waals surface area (Å²) in [6.45, 7) is 7.95. The molecule has 264 valence electrons. The summed E-state index contributed by atoms with van der Waals surface area (Å²) in [5, 5.41) is 2.06. The second kappa shape index (κ2) is 16.2. The van der Waals surface area contributed by atoms with Gasteiger partial charge in [-0.2, -0.15) is 0 Å². The minimum atomic E-state index is -1.51. The number of esters is 1. The number of carbonyl (C=O) groups is 5. The molecule has 4 rings (SSSR count). The van der Waals surface area contributed by atoms with Crippen molar-refractivity contribution in [2.75, 3.05) is 21.3 Å². The number of carbonyl (C=O) groups excluding carboxylic acids is 5. The Bertz CT molecular complexity index is 1730. The quantitative estimate of drug-likeness (QED) is 0.182. The summed E-state index contributed by atoms with van der Waals surface area (Å²) >= 11 is 0. The molecule has 2 atom stereocenters. The van der Waals surface area contributed by atoms with Gasteiger partial charge in [-0.3, -0.25) is 24.1 Å². The minimum absolute atomic E-state index is 0.0359. The lowest BCUT2D eigenvalue weighted by atomic mass is 9.96. The van der Waals surface area contributed by atoms with E-state index >= 15 is 0 Å². The lowest BCUT2D eigenvalue weighted by Gasteiger charge is -2.46. The Morgan fingerprint density at radius 2 is 1.38 bits per heavy atom. The van der Waals surface area contributed by atoms with E-state index in [0.717, 1.165) is 10.0 Å². The van der Waals surface area contributed by atoms with Crippen molar-refractivity contribution in [2.24, 2.45) is 5.92 Å². The van der Waals surface area contributed by atoms with Gasteiger partial charge in [0.25, 0.3) is 17.6 Å². The predicted octanol–water partition coefficient (Wildman–Crippen LogP) is 4.92. The summed E-state index contributed by atoms with van der Waals surface area (Å²) in [7, 11) is 4.29. The molecule has 0 aromatic heterocycles. The summed E-state index contributed by atoms with van der Waals surface area (Å²) in [4.78, 5) is 71.5. The Hall–Kier alpha value is -5.65. The van der Waals surface area contributed by atoms with Crippen LogP contribution in [0.3, 0.4) is 0 Å². The van der Waals surface area contributed by atoms with E-state index in [1.54, 1.807) is 100 Å². The zero-order valence-corrected chi connectivity index (χ0v) is 29.5. The minimum Gasteiger partial charge on any atom is -0.493 e. The molecular formula is C38H43N3O9. The van der Waals surface area contributed by atoms with Crippen molar-refractivity contribution in [1.29, 1.82) is 0 Å². The number of hydrogen-bond donors (Lipinski definition) is 0. The van der Waals surface area contributed by atoms with Gasteiger partial charge in [0.2, 0.25) is 11.7 Å². The fourth-order valence-electron chi connectivity index (χ4n) is 5.83. The monoisotopic (exact) mass is 685 g/mol. The third-order valence-corrected chi connectivity index (χ3v) is 8.05. The molecule has 12 nitrogen and oxygen atoms in total. The standard InChI is InChI=1S/C38H43N3O9/c1-23(2)33-37(45)41(40(25(5)42)29(19-26-15-11-9-12-16-26)34(43)38(46)50-24(3)4)30(22-39(33)36(44)27-17-13-10-14-18-27)28-20-31(47-6)35(49-8)32(21-28)48-7/h9-18,20-24,29,33H,19H2,1-8H3/t29-,33?/m0/s1. The molecule has 1 aliphatic rings. The molecule has 0 bridgehead atoms. The third kappa shape index (κ3) is 7.80. The second-order valence-corrected chi connectivity index (χ2v) is 12.2. The Morgan fingerprint density at radius 1 is 0.820 bits per heavy atom. The third-order valence-electron chi connectivity index (χ3n) is 8.05. The Balaban J connectivity index is 2.05. The molecule has 0 aliphatic carbocycles. The maximum absolute atomic E-state index is 15.0. The molecule has 12 heteroatoms. The van der Waals surface area contributed by atoms with E-state index in [0.29, 0.717) is 11.1 Å². The largest absolute Gasteiger partial charge is 0.493 e. The summed E-state index contributed by atoms with van der Waals surface area (Å²) in [6, 6.07) is 17.8. The van der Waals surface area contributed by atoms with Crippen molar-refractivity contribution < 1.29 is 42.9 Å². The number of hydrazine groups is 1. The molecule has 1 unspecified atom stereocenters. The van der Waals surface area contributed by atoms with Gasteiger partial charge in [0.15, 0.2) is 11.5 Å². The van der Waals surface area contributed by atoms with Gasteiger partial charge in [0.05, 0.1) is 33.1 Å². The number of benzene rings is 3. The van der Waals surface area contributed by atoms with E-state index in [1.807, 2.05) is 0 Å². The molecule has 3 aromatic rings.